The molecule has 4 nitrogen and oxygen atoms in total. The molecule has 0 aromatic rings. The molecule has 2 saturated carbocycles. The van der Waals surface area contributed by atoms with Crippen LogP contribution in [0, 0.1) is 0 Å². The van der Waals surface area contributed by atoms with Gasteiger partial charge in [-0.2, -0.15) is 0 Å². The summed E-state index contributed by atoms with van der Waals surface area (Å²) in [5.74, 6) is 0. The Balaban J connectivity index is 1.69. The van der Waals surface area contributed by atoms with Crippen LogP contribution in [0.15, 0.2) is 0 Å². The maximum absolute atomic E-state index is 12.1. The maximum Gasteiger partial charge on any atom is 0.315 e. The zero-order valence-electron chi connectivity index (χ0n) is 12.9. The van der Waals surface area contributed by atoms with Gasteiger partial charge in [-0.1, -0.05) is 32.1 Å². The minimum atomic E-state index is -0.0335. The van der Waals surface area contributed by atoms with Gasteiger partial charge in [-0.15, -0.1) is 0 Å². The molecule has 0 radical (unpaired) electrons. The first-order valence-electron chi connectivity index (χ1n) is 8.41. The molecule has 4 N–H and O–H groups in total. The van der Waals surface area contributed by atoms with Crippen LogP contribution in [0.25, 0.3) is 0 Å². The zero-order valence-corrected chi connectivity index (χ0v) is 12.9. The molecule has 0 aromatic heterocycles. The number of hydrogen-bond acceptors (Lipinski definition) is 2. The van der Waals surface area contributed by atoms with Crippen LogP contribution in [0.1, 0.15) is 77.6 Å². The highest BCUT2D eigenvalue weighted by Gasteiger charge is 2.28. The van der Waals surface area contributed by atoms with Crippen molar-refractivity contribution in [3.63, 3.8) is 0 Å². The molecule has 2 aliphatic carbocycles. The fourth-order valence-electron chi connectivity index (χ4n) is 3.43. The number of carbonyl (C=O) groups excluding carboxylic acids is 1. The van der Waals surface area contributed by atoms with Crippen molar-refractivity contribution in [3.05, 3.63) is 0 Å². The van der Waals surface area contributed by atoms with E-state index < -0.39 is 0 Å². The summed E-state index contributed by atoms with van der Waals surface area (Å²) in [5, 5.41) is 6.31. The average molecular weight is 281 g/mol. The molecule has 2 amide bonds. The van der Waals surface area contributed by atoms with Gasteiger partial charge in [0.25, 0.3) is 0 Å². The van der Waals surface area contributed by atoms with Gasteiger partial charge in [-0.3, -0.25) is 0 Å². The van der Waals surface area contributed by atoms with Crippen molar-refractivity contribution in [3.8, 4) is 0 Å². The van der Waals surface area contributed by atoms with Gasteiger partial charge < -0.3 is 16.4 Å². The van der Waals surface area contributed by atoms with Gasteiger partial charge in [0, 0.05) is 17.6 Å². The fourth-order valence-corrected chi connectivity index (χ4v) is 3.43. The second kappa shape index (κ2) is 7.30. The van der Waals surface area contributed by atoms with Gasteiger partial charge in [-0.25, -0.2) is 4.79 Å². The molecule has 2 rings (SSSR count). The predicted molar refractivity (Wildman–Crippen MR) is 82.6 cm³/mol. The summed E-state index contributed by atoms with van der Waals surface area (Å²) < 4.78 is 0. The molecular formula is C16H31N3O. The third-order valence-electron chi connectivity index (χ3n) is 4.90. The highest BCUT2D eigenvalue weighted by molar-refractivity contribution is 5.74. The van der Waals surface area contributed by atoms with Crippen LogP contribution >= 0.6 is 0 Å². The lowest BCUT2D eigenvalue weighted by Crippen LogP contribution is -2.50. The summed E-state index contributed by atoms with van der Waals surface area (Å²) in [6.45, 7) is 2.11. The molecule has 2 fully saturated rings. The van der Waals surface area contributed by atoms with E-state index in [0.29, 0.717) is 12.1 Å². The largest absolute Gasteiger partial charge is 0.335 e. The SMILES string of the molecule is CC1(N)CCC(NC(=O)NC2CCCCCCC2)CC1. The Kier molecular flexibility index (Phi) is 5.70. The van der Waals surface area contributed by atoms with E-state index in [1.807, 2.05) is 0 Å². The summed E-state index contributed by atoms with van der Waals surface area (Å²) in [6, 6.07) is 0.708. The third kappa shape index (κ3) is 5.31. The van der Waals surface area contributed by atoms with Gasteiger partial charge >= 0.3 is 6.03 Å². The Morgan fingerprint density at radius 1 is 0.900 bits per heavy atom. The first-order chi connectivity index (χ1) is 9.55. The minimum Gasteiger partial charge on any atom is -0.335 e. The lowest BCUT2D eigenvalue weighted by atomic mass is 9.82. The van der Waals surface area contributed by atoms with Gasteiger partial charge in [0.05, 0.1) is 0 Å². The Morgan fingerprint density at radius 3 is 1.90 bits per heavy atom. The van der Waals surface area contributed by atoms with E-state index in [9.17, 15) is 4.79 Å². The molecule has 4 heteroatoms. The molecule has 0 heterocycles. The Bertz CT molecular complexity index is 299. The minimum absolute atomic E-state index is 0.0289. The van der Waals surface area contributed by atoms with Gasteiger partial charge in [0.1, 0.15) is 0 Å². The normalized spacial score (nSPS) is 33.0. The molecule has 0 aromatic carbocycles. The number of amides is 2. The average Bonchev–Trinajstić information content (AvgIpc) is 2.35. The van der Waals surface area contributed by atoms with Gasteiger partial charge in [0.15, 0.2) is 0 Å². The number of urea groups is 1. The van der Waals surface area contributed by atoms with Crippen molar-refractivity contribution < 1.29 is 4.79 Å². The van der Waals surface area contributed by atoms with Crippen molar-refractivity contribution in [1.82, 2.24) is 10.6 Å². The van der Waals surface area contributed by atoms with Crippen molar-refractivity contribution >= 4 is 6.03 Å². The lowest BCUT2D eigenvalue weighted by Gasteiger charge is -2.34. The van der Waals surface area contributed by atoms with Crippen molar-refractivity contribution in [1.29, 1.82) is 0 Å². The van der Waals surface area contributed by atoms with Crippen LogP contribution in [0.3, 0.4) is 0 Å². The highest BCUT2D eigenvalue weighted by Crippen LogP contribution is 2.25. The van der Waals surface area contributed by atoms with E-state index in [4.69, 9.17) is 5.73 Å². The van der Waals surface area contributed by atoms with Crippen molar-refractivity contribution in [2.75, 3.05) is 0 Å². The Morgan fingerprint density at radius 2 is 1.35 bits per heavy atom. The molecular weight excluding hydrogens is 250 g/mol. The number of nitrogens with two attached hydrogens (primary N) is 1. The summed E-state index contributed by atoms with van der Waals surface area (Å²) in [5.41, 5.74) is 6.09. The van der Waals surface area contributed by atoms with Crippen molar-refractivity contribution in [2.45, 2.75) is 95.2 Å². The second-order valence-corrected chi connectivity index (χ2v) is 7.09. The first-order valence-corrected chi connectivity index (χ1v) is 8.41. The molecule has 0 unspecified atom stereocenters. The van der Waals surface area contributed by atoms with E-state index in [1.54, 1.807) is 0 Å². The van der Waals surface area contributed by atoms with E-state index in [-0.39, 0.29) is 11.6 Å². The topological polar surface area (TPSA) is 67.1 Å². The van der Waals surface area contributed by atoms with Crippen LogP contribution < -0.4 is 16.4 Å². The molecule has 0 bridgehead atoms. The summed E-state index contributed by atoms with van der Waals surface area (Å²) in [6.07, 6.45) is 12.8. The van der Waals surface area contributed by atoms with Gasteiger partial charge in [0.2, 0.25) is 0 Å². The van der Waals surface area contributed by atoms with E-state index >= 15 is 0 Å². The van der Waals surface area contributed by atoms with E-state index in [2.05, 4.69) is 17.6 Å². The Hall–Kier alpha value is -0.770. The number of nitrogens with one attached hydrogen (secondary N) is 2. The Labute approximate surface area is 123 Å². The molecule has 20 heavy (non-hydrogen) atoms. The van der Waals surface area contributed by atoms with Crippen LogP contribution in [0.5, 0.6) is 0 Å². The fraction of sp³-hybridized carbons (Fsp3) is 0.938. The van der Waals surface area contributed by atoms with Crippen LogP contribution in [0.4, 0.5) is 4.79 Å². The smallest absolute Gasteiger partial charge is 0.315 e. The van der Waals surface area contributed by atoms with Gasteiger partial charge in [-0.05, 0) is 45.4 Å². The first kappa shape index (κ1) is 15.6. The quantitative estimate of drug-likeness (QED) is 0.728. The molecule has 0 spiro atoms. The molecule has 2 aliphatic rings. The van der Waals surface area contributed by atoms with Crippen LogP contribution in [0.2, 0.25) is 0 Å². The van der Waals surface area contributed by atoms with E-state index in [1.165, 1.54) is 32.1 Å². The summed E-state index contributed by atoms with van der Waals surface area (Å²) >= 11 is 0. The monoisotopic (exact) mass is 281 g/mol. The molecule has 116 valence electrons. The van der Waals surface area contributed by atoms with E-state index in [0.717, 1.165) is 38.5 Å². The zero-order chi connectivity index (χ0) is 14.4. The standard InChI is InChI=1S/C16H31N3O/c1-16(17)11-9-14(10-12-16)19-15(20)18-13-7-5-3-2-4-6-8-13/h13-14H,2-12,17H2,1H3,(H2,18,19,20). The maximum atomic E-state index is 12.1. The summed E-state index contributed by atoms with van der Waals surface area (Å²) in [7, 11) is 0. The molecule has 0 aliphatic heterocycles. The summed E-state index contributed by atoms with van der Waals surface area (Å²) in [4.78, 5) is 12.1. The predicted octanol–water partition coefficient (Wildman–Crippen LogP) is 3.06. The second-order valence-electron chi connectivity index (χ2n) is 7.09. The number of rotatable bonds is 2. The molecule has 0 atom stereocenters. The van der Waals surface area contributed by atoms with Crippen LogP contribution in [-0.4, -0.2) is 23.7 Å². The van der Waals surface area contributed by atoms with Crippen molar-refractivity contribution in [2.24, 2.45) is 5.73 Å². The number of hydrogen-bond donors (Lipinski definition) is 3. The molecule has 0 saturated heterocycles. The lowest BCUT2D eigenvalue weighted by molar-refractivity contribution is 0.217. The highest BCUT2D eigenvalue weighted by atomic mass is 16.2. The van der Waals surface area contributed by atoms with Crippen LogP contribution in [-0.2, 0) is 0 Å². The third-order valence-corrected chi connectivity index (χ3v) is 4.90. The number of carbonyl (C=O) groups is 1.